The predicted molar refractivity (Wildman–Crippen MR) is 121 cm³/mol. The number of hydrogen-bond donors (Lipinski definition) is 0. The van der Waals surface area contributed by atoms with Crippen LogP contribution in [0.3, 0.4) is 0 Å². The average molecular weight is 426 g/mol. The normalized spacial score (nSPS) is 11.4. The summed E-state index contributed by atoms with van der Waals surface area (Å²) in [5.74, 6) is 0. The van der Waals surface area contributed by atoms with Crippen LogP contribution in [0.1, 0.15) is 116 Å². The minimum absolute atomic E-state index is 0.653. The molecule has 0 aliphatic heterocycles. The zero-order valence-corrected chi connectivity index (χ0v) is 19.5. The lowest BCUT2D eigenvalue weighted by molar-refractivity contribution is 0.386. The van der Waals surface area contributed by atoms with Gasteiger partial charge in [-0.1, -0.05) is 77.0 Å². The van der Waals surface area contributed by atoms with Crippen LogP contribution in [0.4, 0.5) is 0 Å². The molecule has 0 radical (unpaired) electrons. The highest BCUT2D eigenvalue weighted by atomic mass is 32.2. The topological polar surface area (TPSA) is 85.0 Å². The predicted octanol–water partition coefficient (Wildman–Crippen LogP) is 6.32. The molecule has 0 saturated carbocycles. The van der Waals surface area contributed by atoms with Gasteiger partial charge in [-0.25, -0.2) is 12.7 Å². The van der Waals surface area contributed by atoms with Gasteiger partial charge < -0.3 is 0 Å². The first kappa shape index (κ1) is 27.9. The lowest BCUT2D eigenvalue weighted by Crippen LogP contribution is -2.32. The first-order valence-electron chi connectivity index (χ1n) is 11.7. The van der Waals surface area contributed by atoms with Gasteiger partial charge in [0.05, 0.1) is 18.4 Å². The van der Waals surface area contributed by atoms with Crippen LogP contribution in [-0.4, -0.2) is 32.1 Å². The van der Waals surface area contributed by atoms with E-state index in [1.807, 2.05) is 0 Å². The van der Waals surface area contributed by atoms with Gasteiger partial charge in [-0.3, -0.25) is 0 Å². The molecule has 29 heavy (non-hydrogen) atoms. The van der Waals surface area contributed by atoms with Crippen LogP contribution in [0.25, 0.3) is 0 Å². The summed E-state index contributed by atoms with van der Waals surface area (Å²) in [5, 5.41) is 17.0. The van der Waals surface area contributed by atoms with E-state index in [4.69, 9.17) is 10.5 Å². The second kappa shape index (κ2) is 20.2. The van der Waals surface area contributed by atoms with E-state index in [2.05, 4.69) is 12.1 Å². The van der Waals surface area contributed by atoms with Crippen molar-refractivity contribution < 1.29 is 8.42 Å². The van der Waals surface area contributed by atoms with E-state index >= 15 is 0 Å². The summed E-state index contributed by atoms with van der Waals surface area (Å²) in [7, 11) is -3.10. The summed E-state index contributed by atoms with van der Waals surface area (Å²) >= 11 is 0. The lowest BCUT2D eigenvalue weighted by Gasteiger charge is -2.19. The number of rotatable bonds is 21. The van der Waals surface area contributed by atoms with E-state index in [9.17, 15) is 8.42 Å². The van der Waals surface area contributed by atoms with Gasteiger partial charge >= 0.3 is 0 Å². The third-order valence-corrected chi connectivity index (χ3v) is 6.66. The highest BCUT2D eigenvalue weighted by Gasteiger charge is 2.15. The van der Waals surface area contributed by atoms with Crippen LogP contribution >= 0.6 is 0 Å². The Kier molecular flexibility index (Phi) is 19.4. The van der Waals surface area contributed by atoms with Crippen molar-refractivity contribution in [3.8, 4) is 12.1 Å². The summed E-state index contributed by atoms with van der Waals surface area (Å²) in [6.07, 6.45) is 20.7. The molecule has 0 bridgehead atoms. The third-order valence-electron chi connectivity index (χ3n) is 5.36. The second-order valence-electron chi connectivity index (χ2n) is 8.14. The maximum Gasteiger partial charge on any atom is 0.211 e. The van der Waals surface area contributed by atoms with Crippen LogP contribution in [0.2, 0.25) is 0 Å². The number of nitriles is 2. The highest BCUT2D eigenvalue weighted by molar-refractivity contribution is 7.88. The molecule has 0 saturated heterocycles. The maximum atomic E-state index is 12.0. The van der Waals surface area contributed by atoms with Gasteiger partial charge in [-0.15, -0.1) is 0 Å². The molecule has 0 heterocycles. The first-order valence-corrected chi connectivity index (χ1v) is 13.6. The summed E-state index contributed by atoms with van der Waals surface area (Å²) in [5.41, 5.74) is 0. The molecule has 168 valence electrons. The molecule has 0 rings (SSSR count). The lowest BCUT2D eigenvalue weighted by atomic mass is 10.1. The molecule has 0 aromatic carbocycles. The molecular formula is C23H43N3O2S. The van der Waals surface area contributed by atoms with Gasteiger partial charge in [-0.05, 0) is 25.7 Å². The van der Waals surface area contributed by atoms with E-state index < -0.39 is 10.0 Å². The summed E-state index contributed by atoms with van der Waals surface area (Å²) in [4.78, 5) is 0. The molecule has 5 nitrogen and oxygen atoms in total. The van der Waals surface area contributed by atoms with Crippen LogP contribution in [0.15, 0.2) is 0 Å². The van der Waals surface area contributed by atoms with Crippen molar-refractivity contribution in [2.24, 2.45) is 0 Å². The Labute approximate surface area is 180 Å². The third kappa shape index (κ3) is 20.0. The Morgan fingerprint density at radius 3 is 1.10 bits per heavy atom. The number of unbranched alkanes of at least 4 members (excludes halogenated alkanes) is 16. The van der Waals surface area contributed by atoms with Crippen LogP contribution in [0.5, 0.6) is 0 Å². The average Bonchev–Trinajstić information content (AvgIpc) is 2.68. The second-order valence-corrected chi connectivity index (χ2v) is 10.1. The maximum absolute atomic E-state index is 12.0. The smallest absolute Gasteiger partial charge is 0.211 e. The van der Waals surface area contributed by atoms with E-state index in [1.54, 1.807) is 4.31 Å². The standard InChI is InChI=1S/C23H43N3O2S/c1-29(27,28)26(22-18-14-10-6-2-4-8-12-16-20-24)23-19-15-11-7-3-5-9-13-17-21-25/h2-19,22-23H2,1H3. The van der Waals surface area contributed by atoms with E-state index in [0.29, 0.717) is 25.9 Å². The molecule has 0 aromatic rings. The molecule has 0 aliphatic rings. The molecular weight excluding hydrogens is 382 g/mol. The number of sulfonamides is 1. The Morgan fingerprint density at radius 2 is 0.828 bits per heavy atom. The summed E-state index contributed by atoms with van der Waals surface area (Å²) in [6, 6.07) is 4.36. The highest BCUT2D eigenvalue weighted by Crippen LogP contribution is 2.13. The molecule has 0 unspecified atom stereocenters. The quantitative estimate of drug-likeness (QED) is 0.201. The van der Waals surface area contributed by atoms with Crippen LogP contribution in [-0.2, 0) is 10.0 Å². The first-order chi connectivity index (χ1) is 14.0. The Hall–Kier alpha value is -1.11. The zero-order chi connectivity index (χ0) is 21.6. The van der Waals surface area contributed by atoms with Crippen molar-refractivity contribution in [2.45, 2.75) is 116 Å². The Morgan fingerprint density at radius 1 is 0.552 bits per heavy atom. The van der Waals surface area contributed by atoms with Gasteiger partial charge in [0.1, 0.15) is 0 Å². The minimum atomic E-state index is -3.10. The van der Waals surface area contributed by atoms with Crippen molar-refractivity contribution in [2.75, 3.05) is 19.3 Å². The monoisotopic (exact) mass is 425 g/mol. The summed E-state index contributed by atoms with van der Waals surface area (Å²) < 4.78 is 25.7. The number of hydrogen-bond acceptors (Lipinski definition) is 4. The van der Waals surface area contributed by atoms with Gasteiger partial charge in [-0.2, -0.15) is 10.5 Å². The molecule has 0 fully saturated rings. The van der Waals surface area contributed by atoms with Crippen molar-refractivity contribution in [3.63, 3.8) is 0 Å². The fourth-order valence-corrected chi connectivity index (χ4v) is 4.47. The van der Waals surface area contributed by atoms with Gasteiger partial charge in [0.2, 0.25) is 10.0 Å². The van der Waals surface area contributed by atoms with E-state index in [-0.39, 0.29) is 0 Å². The van der Waals surface area contributed by atoms with Gasteiger partial charge in [0.25, 0.3) is 0 Å². The molecule has 0 N–H and O–H groups in total. The molecule has 0 aromatic heterocycles. The SMILES string of the molecule is CS(=O)(=O)N(CCCCCCCCCCC#N)CCCCCCCCCCC#N. The molecule has 0 spiro atoms. The fourth-order valence-electron chi connectivity index (χ4n) is 3.55. The largest absolute Gasteiger partial charge is 0.213 e. The van der Waals surface area contributed by atoms with E-state index in [0.717, 1.165) is 51.4 Å². The minimum Gasteiger partial charge on any atom is -0.213 e. The summed E-state index contributed by atoms with van der Waals surface area (Å²) in [6.45, 7) is 1.31. The van der Waals surface area contributed by atoms with E-state index in [1.165, 1.54) is 57.6 Å². The van der Waals surface area contributed by atoms with Gasteiger partial charge in [0, 0.05) is 25.9 Å². The fraction of sp³-hybridized carbons (Fsp3) is 0.913. The van der Waals surface area contributed by atoms with Crippen molar-refractivity contribution in [1.29, 1.82) is 10.5 Å². The van der Waals surface area contributed by atoms with Crippen molar-refractivity contribution >= 4 is 10.0 Å². The van der Waals surface area contributed by atoms with Crippen LogP contribution in [0, 0.1) is 22.7 Å². The molecule has 0 aliphatic carbocycles. The molecule has 0 atom stereocenters. The molecule has 0 amide bonds. The number of nitrogens with zero attached hydrogens (tertiary/aromatic N) is 3. The Balaban J connectivity index is 3.66. The van der Waals surface area contributed by atoms with Crippen molar-refractivity contribution in [3.05, 3.63) is 0 Å². The Bertz CT molecular complexity index is 515. The van der Waals surface area contributed by atoms with Gasteiger partial charge in [0.15, 0.2) is 0 Å². The van der Waals surface area contributed by atoms with Crippen molar-refractivity contribution in [1.82, 2.24) is 4.31 Å². The zero-order valence-electron chi connectivity index (χ0n) is 18.7. The van der Waals surface area contributed by atoms with Crippen LogP contribution < -0.4 is 0 Å². The molecule has 6 heteroatoms.